The number of aliphatic imine (C=N–C) groups is 1. The topological polar surface area (TPSA) is 212 Å². The van der Waals surface area contributed by atoms with Gasteiger partial charge in [-0.2, -0.15) is 4.98 Å². The zero-order chi connectivity index (χ0) is 32.3. The average Bonchev–Trinajstić information content (AvgIpc) is 3.37. The van der Waals surface area contributed by atoms with E-state index in [1.54, 1.807) is 13.8 Å². The normalized spacial score (nSPS) is 21.8. The molecule has 4 atom stereocenters. The standard InChI is InChI=1S/C27H31N5O12/c1-12(2)24(37)40-11-41-26(38)30-17-7-19(36)31-22-20-16(17)8-32(23(20)29-10-28-22)25-27(6,44-15(5)35)21(42-14(4)34)18(43-25)9-39-13(3)33/h7-8,10,12,18,21,25H,9,11H2,1-6H3,(H,30,38)(H,28,29,31,36)/t18-,21-,25-,27-/m1/s1. The van der Waals surface area contributed by atoms with Crippen LogP contribution in [0.2, 0.25) is 0 Å². The van der Waals surface area contributed by atoms with Gasteiger partial charge in [0.25, 0.3) is 5.56 Å². The van der Waals surface area contributed by atoms with Crippen LogP contribution in [0.5, 0.6) is 0 Å². The third-order valence-electron chi connectivity index (χ3n) is 6.57. The van der Waals surface area contributed by atoms with Gasteiger partial charge in [0.2, 0.25) is 6.79 Å². The van der Waals surface area contributed by atoms with E-state index in [4.69, 9.17) is 28.4 Å². The van der Waals surface area contributed by atoms with E-state index in [1.165, 1.54) is 30.9 Å². The molecular weight excluding hydrogens is 586 g/mol. The highest BCUT2D eigenvalue weighted by Gasteiger charge is 2.60. The first-order valence-electron chi connectivity index (χ1n) is 13.4. The number of amides is 1. The molecule has 236 valence electrons. The maximum Gasteiger partial charge on any atom is 0.414 e. The first kappa shape index (κ1) is 31.9. The third-order valence-corrected chi connectivity index (χ3v) is 6.57. The molecule has 17 nitrogen and oxygen atoms in total. The zero-order valence-corrected chi connectivity index (χ0v) is 24.7. The lowest BCUT2D eigenvalue weighted by Gasteiger charge is -2.34. The second-order valence-corrected chi connectivity index (χ2v) is 10.3. The van der Waals surface area contributed by atoms with Crippen LogP contribution in [0.15, 0.2) is 22.1 Å². The van der Waals surface area contributed by atoms with Gasteiger partial charge in [0.05, 0.1) is 23.3 Å². The van der Waals surface area contributed by atoms with Crippen molar-refractivity contribution in [1.29, 1.82) is 0 Å². The van der Waals surface area contributed by atoms with E-state index in [9.17, 15) is 28.8 Å². The van der Waals surface area contributed by atoms with Gasteiger partial charge >= 0.3 is 30.0 Å². The molecule has 0 spiro atoms. The molecule has 2 aromatic heterocycles. The lowest BCUT2D eigenvalue weighted by atomic mass is 9.95. The molecule has 17 heteroatoms. The van der Waals surface area contributed by atoms with Gasteiger partial charge in [-0.3, -0.25) is 29.3 Å². The second kappa shape index (κ2) is 12.7. The Morgan fingerprint density at radius 1 is 1.09 bits per heavy atom. The van der Waals surface area contributed by atoms with Crippen LogP contribution < -0.4 is 16.2 Å². The van der Waals surface area contributed by atoms with Crippen molar-refractivity contribution in [3.8, 4) is 0 Å². The molecule has 4 heterocycles. The highest BCUT2D eigenvalue weighted by molar-refractivity contribution is 6.12. The number of esters is 4. The molecule has 2 aliphatic rings. The monoisotopic (exact) mass is 617 g/mol. The predicted octanol–water partition coefficient (Wildman–Crippen LogP) is 1.90. The molecular formula is C27H31N5O12. The summed E-state index contributed by atoms with van der Waals surface area (Å²) in [5.41, 5.74) is -2.47. The van der Waals surface area contributed by atoms with Crippen molar-refractivity contribution in [1.82, 2.24) is 9.55 Å². The van der Waals surface area contributed by atoms with Crippen molar-refractivity contribution >= 4 is 64.4 Å². The van der Waals surface area contributed by atoms with E-state index in [2.05, 4.69) is 20.6 Å². The number of rotatable bonds is 9. The van der Waals surface area contributed by atoms with Gasteiger partial charge < -0.3 is 38.3 Å². The van der Waals surface area contributed by atoms with Gasteiger partial charge in [-0.15, -0.1) is 0 Å². The Hall–Kier alpha value is -5.06. The van der Waals surface area contributed by atoms with Crippen molar-refractivity contribution in [3.63, 3.8) is 0 Å². The molecule has 0 aromatic carbocycles. The lowest BCUT2D eigenvalue weighted by Crippen LogP contribution is -2.50. The number of nitrogens with zero attached hydrogens (tertiary/aromatic N) is 3. The number of hydrogen-bond acceptors (Lipinski definition) is 15. The van der Waals surface area contributed by atoms with Crippen LogP contribution >= 0.6 is 0 Å². The zero-order valence-electron chi connectivity index (χ0n) is 24.7. The Bertz CT molecular complexity index is 1600. The van der Waals surface area contributed by atoms with E-state index < -0.39 is 72.3 Å². The van der Waals surface area contributed by atoms with Gasteiger partial charge in [0.1, 0.15) is 24.3 Å². The molecule has 44 heavy (non-hydrogen) atoms. The highest BCUT2D eigenvalue weighted by atomic mass is 16.7. The summed E-state index contributed by atoms with van der Waals surface area (Å²) in [4.78, 5) is 81.3. The number of ether oxygens (including phenoxy) is 6. The molecule has 2 aliphatic heterocycles. The number of nitrogens with one attached hydrogen (secondary N) is 2. The minimum Gasteiger partial charge on any atom is -0.463 e. The Morgan fingerprint density at radius 2 is 1.82 bits per heavy atom. The number of carbonyl (C=O) groups excluding carboxylic acids is 5. The summed E-state index contributed by atoms with van der Waals surface area (Å²) in [7, 11) is 0. The smallest absolute Gasteiger partial charge is 0.414 e. The summed E-state index contributed by atoms with van der Waals surface area (Å²) < 4.78 is 33.8. The Morgan fingerprint density at radius 3 is 2.45 bits per heavy atom. The summed E-state index contributed by atoms with van der Waals surface area (Å²) in [6.07, 6.45) is -1.88. The highest BCUT2D eigenvalue weighted by Crippen LogP contribution is 2.48. The second-order valence-electron chi connectivity index (χ2n) is 10.3. The molecule has 1 saturated heterocycles. The maximum atomic E-state index is 12.6. The van der Waals surface area contributed by atoms with Crippen molar-refractivity contribution < 1.29 is 52.4 Å². The Kier molecular flexibility index (Phi) is 9.17. The van der Waals surface area contributed by atoms with E-state index in [-0.39, 0.29) is 34.7 Å². The molecule has 4 rings (SSSR count). The SMILES string of the molecule is CC(=O)OC[C@H]1O[C@@H](n2cc3c(NC(=O)OCOC(=O)C(C)C)cc(=O)nc4c3c2N=CN4)[C@](C)(OC(C)=O)[C@@H]1OC(C)=O. The first-order valence-corrected chi connectivity index (χ1v) is 13.4. The van der Waals surface area contributed by atoms with Gasteiger partial charge in [-0.05, 0) is 6.92 Å². The first-order chi connectivity index (χ1) is 20.7. The summed E-state index contributed by atoms with van der Waals surface area (Å²) in [5, 5.41) is 5.72. The van der Waals surface area contributed by atoms with Gasteiger partial charge in [-0.25, -0.2) is 9.79 Å². The van der Waals surface area contributed by atoms with Crippen LogP contribution in [0.3, 0.4) is 0 Å². The molecule has 0 aliphatic carbocycles. The third kappa shape index (κ3) is 6.61. The fourth-order valence-corrected chi connectivity index (χ4v) is 4.82. The fourth-order valence-electron chi connectivity index (χ4n) is 4.82. The minimum atomic E-state index is -1.69. The lowest BCUT2D eigenvalue weighted by molar-refractivity contribution is -0.184. The van der Waals surface area contributed by atoms with Crippen LogP contribution in [0.4, 0.5) is 22.1 Å². The van der Waals surface area contributed by atoms with Crippen molar-refractivity contribution in [2.75, 3.05) is 24.0 Å². The van der Waals surface area contributed by atoms with Crippen LogP contribution in [0, 0.1) is 5.92 Å². The average molecular weight is 618 g/mol. The summed E-state index contributed by atoms with van der Waals surface area (Å²) in [6, 6.07) is 1.04. The summed E-state index contributed by atoms with van der Waals surface area (Å²) in [5.74, 6) is -2.83. The van der Waals surface area contributed by atoms with Gasteiger partial charge in [0.15, 0.2) is 17.9 Å². The largest absolute Gasteiger partial charge is 0.463 e. The van der Waals surface area contributed by atoms with Crippen molar-refractivity contribution in [2.24, 2.45) is 10.9 Å². The maximum absolute atomic E-state index is 12.6. The number of hydrogen-bond donors (Lipinski definition) is 2. The number of carbonyl (C=O) groups is 5. The van der Waals surface area contributed by atoms with Crippen LogP contribution in [0.25, 0.3) is 10.8 Å². The van der Waals surface area contributed by atoms with E-state index in [1.807, 2.05) is 0 Å². The Labute approximate surface area is 249 Å². The molecule has 1 fully saturated rings. The molecule has 1 amide bonds. The van der Waals surface area contributed by atoms with Crippen LogP contribution in [0.1, 0.15) is 47.8 Å². The van der Waals surface area contributed by atoms with Crippen molar-refractivity contribution in [2.45, 2.75) is 65.6 Å². The molecule has 2 aromatic rings. The number of anilines is 2. The van der Waals surface area contributed by atoms with E-state index in [0.717, 1.165) is 19.9 Å². The van der Waals surface area contributed by atoms with Crippen LogP contribution in [-0.4, -0.2) is 77.1 Å². The minimum absolute atomic E-state index is 0.0528. The Balaban J connectivity index is 1.81. The van der Waals surface area contributed by atoms with Crippen LogP contribution in [-0.2, 0) is 47.6 Å². The summed E-state index contributed by atoms with van der Waals surface area (Å²) >= 11 is 0. The van der Waals surface area contributed by atoms with Gasteiger partial charge in [-0.1, -0.05) is 13.8 Å². The molecule has 2 N–H and O–H groups in total. The van der Waals surface area contributed by atoms with E-state index in [0.29, 0.717) is 0 Å². The molecule has 0 radical (unpaired) electrons. The fraction of sp³-hybridized carbons (Fsp3) is 0.481. The number of aromatic nitrogens is 2. The molecule has 0 bridgehead atoms. The molecule has 0 saturated carbocycles. The quantitative estimate of drug-likeness (QED) is 0.234. The predicted molar refractivity (Wildman–Crippen MR) is 150 cm³/mol. The van der Waals surface area contributed by atoms with Gasteiger partial charge in [0, 0.05) is 38.4 Å². The molecule has 0 unspecified atom stereocenters. The summed E-state index contributed by atoms with van der Waals surface area (Å²) in [6.45, 7) is 7.20. The van der Waals surface area contributed by atoms with Crippen molar-refractivity contribution in [3.05, 3.63) is 22.6 Å². The van der Waals surface area contributed by atoms with E-state index >= 15 is 0 Å².